The molecule has 0 fully saturated rings. The molecule has 0 saturated heterocycles. The van der Waals surface area contributed by atoms with Crippen LogP contribution in [-0.2, 0) is 17.8 Å². The van der Waals surface area contributed by atoms with Crippen LogP contribution in [0, 0.1) is 0 Å². The lowest BCUT2D eigenvalue weighted by atomic mass is 10.1. The Labute approximate surface area is 197 Å². The first kappa shape index (κ1) is 22.3. The van der Waals surface area contributed by atoms with Gasteiger partial charge in [-0.25, -0.2) is 0 Å². The highest BCUT2D eigenvalue weighted by Gasteiger charge is 2.19. The van der Waals surface area contributed by atoms with Crippen molar-refractivity contribution in [1.29, 1.82) is 0 Å². The van der Waals surface area contributed by atoms with Gasteiger partial charge in [-0.2, -0.15) is 0 Å². The molecule has 5 nitrogen and oxygen atoms in total. The molecule has 3 aromatic carbocycles. The Bertz CT molecular complexity index is 1210. The van der Waals surface area contributed by atoms with E-state index in [-0.39, 0.29) is 18.2 Å². The Morgan fingerprint density at radius 3 is 2.33 bits per heavy atom. The fourth-order valence-corrected chi connectivity index (χ4v) is 4.15. The maximum Gasteiger partial charge on any atom is 0.268 e. The Hall–Kier alpha value is -3.90. The zero-order valence-electron chi connectivity index (χ0n) is 18.2. The summed E-state index contributed by atoms with van der Waals surface area (Å²) >= 11 is 1.42. The second-order valence-corrected chi connectivity index (χ2v) is 8.43. The van der Waals surface area contributed by atoms with Gasteiger partial charge in [-0.05, 0) is 59.0 Å². The summed E-state index contributed by atoms with van der Waals surface area (Å²) in [6, 6.07) is 28.4. The van der Waals surface area contributed by atoms with Gasteiger partial charge in [0.1, 0.15) is 5.75 Å². The SMILES string of the molecule is COc1ccc(NC(=O)Cc2cccc(N(Cc3ccccc3)C(=O)c3cccs3)c2)cc1. The van der Waals surface area contributed by atoms with E-state index in [4.69, 9.17) is 4.74 Å². The van der Waals surface area contributed by atoms with E-state index >= 15 is 0 Å². The molecule has 0 aliphatic heterocycles. The van der Waals surface area contributed by atoms with Crippen molar-refractivity contribution in [2.24, 2.45) is 0 Å². The number of ether oxygens (including phenoxy) is 1. The zero-order chi connectivity index (χ0) is 23.0. The molecule has 4 rings (SSSR count). The Balaban J connectivity index is 1.53. The molecule has 0 unspecified atom stereocenters. The van der Waals surface area contributed by atoms with Crippen LogP contribution in [0.2, 0.25) is 0 Å². The Morgan fingerprint density at radius 1 is 0.879 bits per heavy atom. The molecule has 1 heterocycles. The number of carbonyl (C=O) groups excluding carboxylic acids is 2. The number of thiophene rings is 1. The molecule has 0 aliphatic carbocycles. The van der Waals surface area contributed by atoms with Crippen LogP contribution in [0.4, 0.5) is 11.4 Å². The summed E-state index contributed by atoms with van der Waals surface area (Å²) < 4.78 is 5.15. The van der Waals surface area contributed by atoms with Gasteiger partial charge in [-0.1, -0.05) is 48.5 Å². The first-order chi connectivity index (χ1) is 16.1. The number of hydrogen-bond donors (Lipinski definition) is 1. The Kier molecular flexibility index (Phi) is 7.17. The number of benzene rings is 3. The van der Waals surface area contributed by atoms with Crippen LogP contribution in [-0.4, -0.2) is 18.9 Å². The van der Waals surface area contributed by atoms with Crippen molar-refractivity contribution >= 4 is 34.5 Å². The molecule has 1 N–H and O–H groups in total. The molecule has 0 spiro atoms. The summed E-state index contributed by atoms with van der Waals surface area (Å²) in [7, 11) is 1.60. The van der Waals surface area contributed by atoms with Crippen molar-refractivity contribution in [1.82, 2.24) is 0 Å². The van der Waals surface area contributed by atoms with E-state index in [0.29, 0.717) is 17.1 Å². The third-order valence-electron chi connectivity index (χ3n) is 5.12. The fourth-order valence-electron chi connectivity index (χ4n) is 3.48. The van der Waals surface area contributed by atoms with Gasteiger partial charge >= 0.3 is 0 Å². The lowest BCUT2D eigenvalue weighted by molar-refractivity contribution is -0.115. The number of hydrogen-bond acceptors (Lipinski definition) is 4. The van der Waals surface area contributed by atoms with E-state index in [0.717, 1.165) is 22.6 Å². The zero-order valence-corrected chi connectivity index (χ0v) is 19.0. The van der Waals surface area contributed by atoms with E-state index in [2.05, 4.69) is 5.32 Å². The van der Waals surface area contributed by atoms with Gasteiger partial charge in [0.05, 0.1) is 25.0 Å². The highest BCUT2D eigenvalue weighted by Crippen LogP contribution is 2.24. The van der Waals surface area contributed by atoms with E-state index in [9.17, 15) is 9.59 Å². The van der Waals surface area contributed by atoms with Crippen molar-refractivity contribution in [2.45, 2.75) is 13.0 Å². The average molecular weight is 457 g/mol. The van der Waals surface area contributed by atoms with Gasteiger partial charge in [0.2, 0.25) is 5.91 Å². The molecule has 2 amide bonds. The maximum absolute atomic E-state index is 13.3. The predicted octanol–water partition coefficient (Wildman–Crippen LogP) is 5.78. The highest BCUT2D eigenvalue weighted by atomic mass is 32.1. The summed E-state index contributed by atoms with van der Waals surface area (Å²) in [4.78, 5) is 28.3. The first-order valence-corrected chi connectivity index (χ1v) is 11.4. The minimum atomic E-state index is -0.128. The molecule has 4 aromatic rings. The minimum absolute atomic E-state index is 0.0614. The van der Waals surface area contributed by atoms with E-state index in [1.54, 1.807) is 36.3 Å². The molecule has 0 radical (unpaired) electrons. The van der Waals surface area contributed by atoms with Gasteiger partial charge in [0.15, 0.2) is 0 Å². The summed E-state index contributed by atoms with van der Waals surface area (Å²) in [5.74, 6) is 0.541. The summed E-state index contributed by atoms with van der Waals surface area (Å²) in [5, 5.41) is 4.80. The number of amides is 2. The smallest absolute Gasteiger partial charge is 0.268 e. The normalized spacial score (nSPS) is 10.5. The summed E-state index contributed by atoms with van der Waals surface area (Å²) in [5.41, 5.74) is 3.32. The molecule has 0 saturated carbocycles. The number of methoxy groups -OCH3 is 1. The van der Waals surface area contributed by atoms with Crippen molar-refractivity contribution in [2.75, 3.05) is 17.3 Å². The van der Waals surface area contributed by atoms with Crippen LogP contribution in [0.5, 0.6) is 5.75 Å². The summed E-state index contributed by atoms with van der Waals surface area (Å²) in [6.07, 6.45) is 0.201. The molecule has 0 aliphatic rings. The van der Waals surface area contributed by atoms with Gasteiger partial charge < -0.3 is 15.0 Å². The highest BCUT2D eigenvalue weighted by molar-refractivity contribution is 7.12. The largest absolute Gasteiger partial charge is 0.497 e. The molecule has 0 bridgehead atoms. The number of rotatable bonds is 8. The van der Waals surface area contributed by atoms with Gasteiger partial charge in [0, 0.05) is 11.4 Å². The third-order valence-corrected chi connectivity index (χ3v) is 5.98. The van der Waals surface area contributed by atoms with E-state index in [1.165, 1.54) is 11.3 Å². The number of carbonyl (C=O) groups is 2. The molecule has 166 valence electrons. The molecule has 33 heavy (non-hydrogen) atoms. The topological polar surface area (TPSA) is 58.6 Å². The lowest BCUT2D eigenvalue weighted by Gasteiger charge is -2.23. The maximum atomic E-state index is 13.3. The van der Waals surface area contributed by atoms with Crippen LogP contribution >= 0.6 is 11.3 Å². The second kappa shape index (κ2) is 10.6. The third kappa shape index (κ3) is 5.87. The van der Waals surface area contributed by atoms with E-state index < -0.39 is 0 Å². The molecular formula is C27H24N2O3S. The monoisotopic (exact) mass is 456 g/mol. The van der Waals surface area contributed by atoms with Crippen LogP contribution < -0.4 is 15.0 Å². The van der Waals surface area contributed by atoms with Crippen LogP contribution in [0.1, 0.15) is 20.8 Å². The predicted molar refractivity (Wildman–Crippen MR) is 133 cm³/mol. The number of nitrogens with zero attached hydrogens (tertiary/aromatic N) is 1. The average Bonchev–Trinajstić information content (AvgIpc) is 3.38. The van der Waals surface area contributed by atoms with Crippen molar-refractivity contribution < 1.29 is 14.3 Å². The second-order valence-electron chi connectivity index (χ2n) is 7.48. The first-order valence-electron chi connectivity index (χ1n) is 10.5. The lowest BCUT2D eigenvalue weighted by Crippen LogP contribution is -2.30. The Morgan fingerprint density at radius 2 is 1.64 bits per heavy atom. The standard InChI is InChI=1S/C27H24N2O3S/c1-32-24-14-12-22(13-15-24)28-26(30)18-21-9-5-10-23(17-21)29(19-20-7-3-2-4-8-20)27(31)25-11-6-16-33-25/h2-17H,18-19H2,1H3,(H,28,30). The molecular weight excluding hydrogens is 432 g/mol. The van der Waals surface area contributed by atoms with Gasteiger partial charge in [-0.3, -0.25) is 9.59 Å². The van der Waals surface area contributed by atoms with Crippen LogP contribution in [0.25, 0.3) is 0 Å². The van der Waals surface area contributed by atoms with E-state index in [1.807, 2.05) is 72.1 Å². The van der Waals surface area contributed by atoms with Crippen molar-refractivity contribution in [3.63, 3.8) is 0 Å². The molecule has 6 heteroatoms. The van der Waals surface area contributed by atoms with Crippen LogP contribution in [0.3, 0.4) is 0 Å². The van der Waals surface area contributed by atoms with Gasteiger partial charge in [-0.15, -0.1) is 11.3 Å². The summed E-state index contributed by atoms with van der Waals surface area (Å²) in [6.45, 7) is 0.444. The molecule has 0 atom stereocenters. The van der Waals surface area contributed by atoms with Gasteiger partial charge in [0.25, 0.3) is 5.91 Å². The van der Waals surface area contributed by atoms with Crippen LogP contribution in [0.15, 0.2) is 96.4 Å². The van der Waals surface area contributed by atoms with Crippen molar-refractivity contribution in [3.05, 3.63) is 112 Å². The quantitative estimate of drug-likeness (QED) is 0.365. The fraction of sp³-hybridized carbons (Fsp3) is 0.111. The minimum Gasteiger partial charge on any atom is -0.497 e. The molecule has 1 aromatic heterocycles. The number of nitrogens with one attached hydrogen (secondary N) is 1. The number of anilines is 2. The van der Waals surface area contributed by atoms with Crippen molar-refractivity contribution in [3.8, 4) is 5.75 Å².